The Morgan fingerprint density at radius 2 is 1.59 bits per heavy atom. The fourth-order valence-corrected chi connectivity index (χ4v) is 2.95. The van der Waals surface area contributed by atoms with Gasteiger partial charge in [-0.3, -0.25) is 9.59 Å². The van der Waals surface area contributed by atoms with Crippen LogP contribution < -0.4 is 25.1 Å². The Morgan fingerprint density at radius 1 is 0.963 bits per heavy atom. The maximum absolute atomic E-state index is 12.9. The maximum atomic E-state index is 12.9. The highest BCUT2D eigenvalue weighted by atomic mass is 16.5. The van der Waals surface area contributed by atoms with E-state index in [2.05, 4.69) is 5.32 Å². The van der Waals surface area contributed by atoms with E-state index in [1.807, 2.05) is 12.1 Å². The molecule has 0 spiro atoms. The van der Waals surface area contributed by atoms with Gasteiger partial charge in [-0.15, -0.1) is 0 Å². The third-order valence-corrected chi connectivity index (χ3v) is 4.32. The second-order valence-electron chi connectivity index (χ2n) is 5.84. The van der Waals surface area contributed by atoms with Crippen LogP contribution in [0.2, 0.25) is 0 Å². The SMILES string of the molecule is COc1cc(NC(=O)c2cc(=O)n(C)c3ccccc23)cc(OC)c1OC. The van der Waals surface area contributed by atoms with Gasteiger partial charge in [-0.25, -0.2) is 0 Å². The number of anilines is 1. The zero-order chi connectivity index (χ0) is 19.6. The lowest BCUT2D eigenvalue weighted by atomic mass is 10.1. The van der Waals surface area contributed by atoms with Crippen LogP contribution in [0, 0.1) is 0 Å². The fraction of sp³-hybridized carbons (Fsp3) is 0.200. The van der Waals surface area contributed by atoms with Crippen molar-refractivity contribution in [3.8, 4) is 17.2 Å². The number of nitrogens with zero attached hydrogens (tertiary/aromatic N) is 1. The zero-order valence-corrected chi connectivity index (χ0v) is 15.5. The van der Waals surface area contributed by atoms with Crippen LogP contribution in [0.4, 0.5) is 5.69 Å². The molecule has 0 aliphatic heterocycles. The van der Waals surface area contributed by atoms with Crippen LogP contribution in [-0.2, 0) is 7.05 Å². The number of carbonyl (C=O) groups excluding carboxylic acids is 1. The van der Waals surface area contributed by atoms with Crippen molar-refractivity contribution < 1.29 is 19.0 Å². The van der Waals surface area contributed by atoms with Crippen LogP contribution in [-0.4, -0.2) is 31.8 Å². The maximum Gasteiger partial charge on any atom is 0.256 e. The molecule has 27 heavy (non-hydrogen) atoms. The molecule has 7 heteroatoms. The van der Waals surface area contributed by atoms with E-state index in [-0.39, 0.29) is 5.56 Å². The zero-order valence-electron chi connectivity index (χ0n) is 15.5. The van der Waals surface area contributed by atoms with Gasteiger partial charge >= 0.3 is 0 Å². The van der Waals surface area contributed by atoms with Crippen molar-refractivity contribution >= 4 is 22.5 Å². The van der Waals surface area contributed by atoms with Crippen molar-refractivity contribution in [1.29, 1.82) is 0 Å². The molecule has 1 heterocycles. The molecule has 2 aromatic carbocycles. The van der Waals surface area contributed by atoms with Crippen molar-refractivity contribution in [2.45, 2.75) is 0 Å². The molecule has 1 N–H and O–H groups in total. The first-order chi connectivity index (χ1) is 13.0. The molecule has 0 bridgehead atoms. The highest BCUT2D eigenvalue weighted by Crippen LogP contribution is 2.40. The Hall–Kier alpha value is -3.48. The van der Waals surface area contributed by atoms with Crippen LogP contribution in [0.1, 0.15) is 10.4 Å². The molecule has 0 atom stereocenters. The number of ether oxygens (including phenoxy) is 3. The Bertz CT molecular complexity index is 1050. The van der Waals surface area contributed by atoms with Crippen LogP contribution in [0.15, 0.2) is 47.3 Å². The molecule has 140 valence electrons. The van der Waals surface area contributed by atoms with E-state index >= 15 is 0 Å². The van der Waals surface area contributed by atoms with E-state index in [1.165, 1.54) is 32.0 Å². The average molecular weight is 368 g/mol. The van der Waals surface area contributed by atoms with Gasteiger partial charge in [0.25, 0.3) is 11.5 Å². The Labute approximate surface area is 156 Å². The van der Waals surface area contributed by atoms with Gasteiger partial charge < -0.3 is 24.1 Å². The number of rotatable bonds is 5. The van der Waals surface area contributed by atoms with E-state index in [0.29, 0.717) is 39.4 Å². The Kier molecular flexibility index (Phi) is 5.03. The average Bonchev–Trinajstić information content (AvgIpc) is 2.69. The molecular weight excluding hydrogens is 348 g/mol. The van der Waals surface area contributed by atoms with Gasteiger partial charge in [0.2, 0.25) is 5.75 Å². The quantitative estimate of drug-likeness (QED) is 0.749. The fourth-order valence-electron chi connectivity index (χ4n) is 2.95. The van der Waals surface area contributed by atoms with Gasteiger partial charge in [-0.1, -0.05) is 18.2 Å². The Balaban J connectivity index is 2.05. The molecule has 7 nitrogen and oxygen atoms in total. The first-order valence-corrected chi connectivity index (χ1v) is 8.20. The molecule has 0 aliphatic rings. The summed E-state index contributed by atoms with van der Waals surface area (Å²) >= 11 is 0. The van der Waals surface area contributed by atoms with E-state index in [9.17, 15) is 9.59 Å². The third-order valence-electron chi connectivity index (χ3n) is 4.32. The monoisotopic (exact) mass is 368 g/mol. The van der Waals surface area contributed by atoms with E-state index in [1.54, 1.807) is 31.3 Å². The predicted octanol–water partition coefficient (Wildman–Crippen LogP) is 2.82. The highest BCUT2D eigenvalue weighted by Gasteiger charge is 2.17. The smallest absolute Gasteiger partial charge is 0.256 e. The molecule has 1 amide bonds. The predicted molar refractivity (Wildman–Crippen MR) is 103 cm³/mol. The number of carbonyl (C=O) groups is 1. The number of benzene rings is 2. The summed E-state index contributed by atoms with van der Waals surface area (Å²) in [6.07, 6.45) is 0. The molecule has 0 fully saturated rings. The minimum atomic E-state index is -0.404. The summed E-state index contributed by atoms with van der Waals surface area (Å²) in [7, 11) is 6.17. The topological polar surface area (TPSA) is 78.8 Å². The summed E-state index contributed by atoms with van der Waals surface area (Å²) < 4.78 is 17.4. The lowest BCUT2D eigenvalue weighted by molar-refractivity contribution is 0.102. The second-order valence-corrected chi connectivity index (χ2v) is 5.84. The molecule has 0 saturated carbocycles. The van der Waals surface area contributed by atoms with Crippen LogP contribution in [0.25, 0.3) is 10.9 Å². The number of aromatic nitrogens is 1. The number of fused-ring (bicyclic) bond motifs is 1. The van der Waals surface area contributed by atoms with Crippen LogP contribution >= 0.6 is 0 Å². The number of methoxy groups -OCH3 is 3. The molecule has 0 unspecified atom stereocenters. The Morgan fingerprint density at radius 3 is 2.19 bits per heavy atom. The third kappa shape index (κ3) is 3.31. The standard InChI is InChI=1S/C20H20N2O5/c1-22-15-8-6-5-7-13(15)14(11-18(22)23)20(24)21-12-9-16(25-2)19(27-4)17(10-12)26-3/h5-11H,1-4H3,(H,21,24). The van der Waals surface area contributed by atoms with Gasteiger partial charge in [0.15, 0.2) is 11.5 Å². The minimum Gasteiger partial charge on any atom is -0.493 e. The summed E-state index contributed by atoms with van der Waals surface area (Å²) in [6, 6.07) is 11.8. The van der Waals surface area contributed by atoms with E-state index in [4.69, 9.17) is 14.2 Å². The van der Waals surface area contributed by atoms with Gasteiger partial charge in [-0.05, 0) is 6.07 Å². The second kappa shape index (κ2) is 7.41. The minimum absolute atomic E-state index is 0.260. The van der Waals surface area contributed by atoms with E-state index < -0.39 is 5.91 Å². The number of nitrogens with one attached hydrogen (secondary N) is 1. The summed E-state index contributed by atoms with van der Waals surface area (Å²) in [5.74, 6) is 0.858. The summed E-state index contributed by atoms with van der Waals surface area (Å²) in [5, 5.41) is 3.48. The molecule has 1 aromatic heterocycles. The van der Waals surface area contributed by atoms with Gasteiger partial charge in [0.05, 0.1) is 32.4 Å². The lowest BCUT2D eigenvalue weighted by Crippen LogP contribution is -2.21. The molecule has 3 rings (SSSR count). The number of hydrogen-bond acceptors (Lipinski definition) is 5. The molecule has 0 saturated heterocycles. The van der Waals surface area contributed by atoms with Crippen molar-refractivity contribution in [2.75, 3.05) is 26.6 Å². The summed E-state index contributed by atoms with van der Waals surface area (Å²) in [6.45, 7) is 0. The first-order valence-electron chi connectivity index (χ1n) is 8.20. The number of hydrogen-bond donors (Lipinski definition) is 1. The van der Waals surface area contributed by atoms with Crippen molar-refractivity contribution in [3.05, 3.63) is 58.4 Å². The molecule has 3 aromatic rings. The molecule has 0 aliphatic carbocycles. The van der Waals surface area contributed by atoms with Gasteiger partial charge in [-0.2, -0.15) is 0 Å². The van der Waals surface area contributed by atoms with Crippen molar-refractivity contribution in [3.63, 3.8) is 0 Å². The molecule has 0 radical (unpaired) electrons. The number of pyridine rings is 1. The molecular formula is C20H20N2O5. The normalized spacial score (nSPS) is 10.5. The number of amides is 1. The highest BCUT2D eigenvalue weighted by molar-refractivity contribution is 6.12. The largest absolute Gasteiger partial charge is 0.493 e. The number of para-hydroxylation sites is 1. The van der Waals surface area contributed by atoms with Gasteiger partial charge in [0.1, 0.15) is 0 Å². The number of aryl methyl sites for hydroxylation is 1. The summed E-state index contributed by atoms with van der Waals surface area (Å²) in [5.41, 5.74) is 1.17. The van der Waals surface area contributed by atoms with Crippen molar-refractivity contribution in [2.24, 2.45) is 7.05 Å². The summed E-state index contributed by atoms with van der Waals surface area (Å²) in [4.78, 5) is 25.1. The first kappa shape index (κ1) is 18.3. The van der Waals surface area contributed by atoms with Gasteiger partial charge in [0, 0.05) is 36.3 Å². The van der Waals surface area contributed by atoms with Crippen LogP contribution in [0.5, 0.6) is 17.2 Å². The van der Waals surface area contributed by atoms with Crippen LogP contribution in [0.3, 0.4) is 0 Å². The lowest BCUT2D eigenvalue weighted by Gasteiger charge is -2.15. The van der Waals surface area contributed by atoms with Crippen molar-refractivity contribution in [1.82, 2.24) is 4.57 Å². The van der Waals surface area contributed by atoms with E-state index in [0.717, 1.165) is 0 Å².